The molecule has 0 aliphatic rings. The van der Waals surface area contributed by atoms with Gasteiger partial charge in [-0.25, -0.2) is 13.2 Å². The molecule has 2 aromatic carbocycles. The highest BCUT2D eigenvalue weighted by atomic mass is 79.9. The number of hydrogen-bond acceptors (Lipinski definition) is 3. The molecule has 23 heavy (non-hydrogen) atoms. The Kier molecular flexibility index (Phi) is 5.40. The Labute approximate surface area is 155 Å². The highest BCUT2D eigenvalue weighted by Gasteiger charge is 2.24. The highest BCUT2D eigenvalue weighted by Crippen LogP contribution is 2.38. The van der Waals surface area contributed by atoms with Crippen LogP contribution in [-0.4, -0.2) is 19.5 Å². The van der Waals surface area contributed by atoms with Crippen molar-refractivity contribution < 1.29 is 18.3 Å². The van der Waals surface area contributed by atoms with E-state index in [2.05, 4.69) is 36.6 Å². The van der Waals surface area contributed by atoms with Crippen molar-refractivity contribution in [3.05, 3.63) is 55.4 Å². The van der Waals surface area contributed by atoms with Crippen molar-refractivity contribution in [2.24, 2.45) is 0 Å². The van der Waals surface area contributed by atoms with E-state index in [1.165, 1.54) is 18.2 Å². The molecule has 0 heterocycles. The molecule has 9 heteroatoms. The summed E-state index contributed by atoms with van der Waals surface area (Å²) in [6, 6.07) is 7.65. The molecular formula is C14H10Br2ClNO4S. The predicted octanol–water partition coefficient (Wildman–Crippen LogP) is 4.67. The van der Waals surface area contributed by atoms with Gasteiger partial charge in [-0.3, -0.25) is 4.72 Å². The Morgan fingerprint density at radius 2 is 1.74 bits per heavy atom. The Balaban J connectivity index is 2.57. The third-order valence-corrected chi connectivity index (χ3v) is 6.19. The summed E-state index contributed by atoms with van der Waals surface area (Å²) >= 11 is 12.3. The number of anilines is 1. The van der Waals surface area contributed by atoms with Gasteiger partial charge in [-0.1, -0.05) is 29.3 Å². The highest BCUT2D eigenvalue weighted by molar-refractivity contribution is 9.11. The first-order chi connectivity index (χ1) is 10.6. The zero-order valence-electron chi connectivity index (χ0n) is 11.6. The topological polar surface area (TPSA) is 83.5 Å². The molecule has 0 unspecified atom stereocenters. The second-order valence-corrected chi connectivity index (χ2v) is 8.40. The SMILES string of the molecule is Cc1ccc(S(=O)(=O)Nc2c(Br)cc(Br)c(Cl)c2C(=O)O)cc1. The first-order valence-corrected chi connectivity index (χ1v) is 9.58. The lowest BCUT2D eigenvalue weighted by molar-refractivity contribution is 0.0698. The van der Waals surface area contributed by atoms with E-state index in [0.29, 0.717) is 4.47 Å². The summed E-state index contributed by atoms with van der Waals surface area (Å²) in [4.78, 5) is 11.5. The first kappa shape index (κ1) is 18.3. The number of rotatable bonds is 4. The van der Waals surface area contributed by atoms with Crippen LogP contribution in [0.4, 0.5) is 5.69 Å². The van der Waals surface area contributed by atoms with Crippen molar-refractivity contribution in [1.82, 2.24) is 0 Å². The number of halogens is 3. The fourth-order valence-electron chi connectivity index (χ4n) is 1.81. The number of hydrogen-bond donors (Lipinski definition) is 2. The standard InChI is InChI=1S/C14H10Br2ClNO4S/c1-7-2-4-8(5-3-7)23(21,22)18-13-10(16)6-9(15)12(17)11(13)14(19)20/h2-6,18H,1H3,(H,19,20). The van der Waals surface area contributed by atoms with E-state index in [4.69, 9.17) is 11.6 Å². The molecule has 0 spiro atoms. The number of benzene rings is 2. The number of carbonyl (C=O) groups is 1. The minimum Gasteiger partial charge on any atom is -0.478 e. The lowest BCUT2D eigenvalue weighted by atomic mass is 10.2. The lowest BCUT2D eigenvalue weighted by Gasteiger charge is -2.14. The van der Waals surface area contributed by atoms with E-state index in [9.17, 15) is 18.3 Å². The quantitative estimate of drug-likeness (QED) is 0.619. The molecule has 0 aliphatic heterocycles. The van der Waals surface area contributed by atoms with E-state index in [1.807, 2.05) is 6.92 Å². The lowest BCUT2D eigenvalue weighted by Crippen LogP contribution is -2.16. The molecule has 0 amide bonds. The second kappa shape index (κ2) is 6.80. The molecule has 5 nitrogen and oxygen atoms in total. The van der Waals surface area contributed by atoms with Crippen LogP contribution in [-0.2, 0) is 10.0 Å². The van der Waals surface area contributed by atoms with Gasteiger partial charge in [-0.15, -0.1) is 0 Å². The van der Waals surface area contributed by atoms with Crippen LogP contribution in [0.15, 0.2) is 44.2 Å². The van der Waals surface area contributed by atoms with E-state index in [1.54, 1.807) is 12.1 Å². The Bertz CT molecular complexity index is 883. The van der Waals surface area contributed by atoms with Gasteiger partial charge in [0.15, 0.2) is 0 Å². The van der Waals surface area contributed by atoms with Gasteiger partial charge in [0, 0.05) is 8.95 Å². The number of sulfonamides is 1. The van der Waals surface area contributed by atoms with Gasteiger partial charge in [0.2, 0.25) is 0 Å². The third kappa shape index (κ3) is 3.88. The van der Waals surface area contributed by atoms with E-state index < -0.39 is 16.0 Å². The summed E-state index contributed by atoms with van der Waals surface area (Å²) < 4.78 is 27.8. The maximum Gasteiger partial charge on any atom is 0.339 e. The number of carboxylic acids is 1. The molecular weight excluding hydrogens is 473 g/mol. The Morgan fingerprint density at radius 1 is 1.17 bits per heavy atom. The largest absolute Gasteiger partial charge is 0.478 e. The third-order valence-electron chi connectivity index (χ3n) is 2.95. The van der Waals surface area contributed by atoms with Crippen LogP contribution in [0.3, 0.4) is 0 Å². The van der Waals surface area contributed by atoms with Gasteiger partial charge in [-0.05, 0) is 57.0 Å². The molecule has 0 radical (unpaired) electrons. The Morgan fingerprint density at radius 3 is 2.26 bits per heavy atom. The van der Waals surface area contributed by atoms with Crippen molar-refractivity contribution in [3.63, 3.8) is 0 Å². The van der Waals surface area contributed by atoms with Gasteiger partial charge in [0.05, 0.1) is 15.6 Å². The zero-order valence-corrected chi connectivity index (χ0v) is 16.3. The van der Waals surface area contributed by atoms with Crippen molar-refractivity contribution >= 4 is 65.1 Å². The summed E-state index contributed by atoms with van der Waals surface area (Å²) in [6.45, 7) is 1.83. The average Bonchev–Trinajstić information content (AvgIpc) is 2.44. The molecule has 0 saturated heterocycles. The molecule has 0 bridgehead atoms. The van der Waals surface area contributed by atoms with Crippen molar-refractivity contribution in [2.75, 3.05) is 4.72 Å². The number of aromatic carboxylic acids is 1. The normalized spacial score (nSPS) is 11.3. The van der Waals surface area contributed by atoms with E-state index in [-0.39, 0.29) is 25.6 Å². The second-order valence-electron chi connectivity index (χ2n) is 4.63. The summed E-state index contributed by atoms with van der Waals surface area (Å²) in [5, 5.41) is 9.24. The van der Waals surface area contributed by atoms with Crippen LogP contribution in [0.2, 0.25) is 5.02 Å². The number of nitrogens with one attached hydrogen (secondary N) is 1. The predicted molar refractivity (Wildman–Crippen MR) is 95.8 cm³/mol. The maximum atomic E-state index is 12.5. The maximum absolute atomic E-state index is 12.5. The van der Waals surface area contributed by atoms with Gasteiger partial charge in [0.1, 0.15) is 5.56 Å². The van der Waals surface area contributed by atoms with E-state index >= 15 is 0 Å². The molecule has 2 rings (SSSR count). The smallest absolute Gasteiger partial charge is 0.339 e. The minimum atomic E-state index is -3.96. The van der Waals surface area contributed by atoms with Crippen LogP contribution in [0.1, 0.15) is 15.9 Å². The Hall–Kier alpha value is -1.09. The summed E-state index contributed by atoms with van der Waals surface area (Å²) in [6.07, 6.45) is 0. The van der Waals surface area contributed by atoms with Gasteiger partial charge in [-0.2, -0.15) is 0 Å². The molecule has 2 N–H and O–H groups in total. The van der Waals surface area contributed by atoms with Crippen LogP contribution >= 0.6 is 43.5 Å². The monoisotopic (exact) mass is 481 g/mol. The fourth-order valence-corrected chi connectivity index (χ4v) is 4.52. The van der Waals surface area contributed by atoms with Crippen LogP contribution < -0.4 is 4.72 Å². The minimum absolute atomic E-state index is 0.0189. The summed E-state index contributed by atoms with van der Waals surface area (Å²) in [5.41, 5.74) is 0.429. The molecule has 0 atom stereocenters. The van der Waals surface area contributed by atoms with Crippen LogP contribution in [0.5, 0.6) is 0 Å². The van der Waals surface area contributed by atoms with Crippen LogP contribution in [0.25, 0.3) is 0 Å². The number of aryl methyl sites for hydroxylation is 1. The van der Waals surface area contributed by atoms with Crippen LogP contribution in [0, 0.1) is 6.92 Å². The molecule has 0 aliphatic carbocycles. The molecule has 0 saturated carbocycles. The van der Waals surface area contributed by atoms with Gasteiger partial charge < -0.3 is 5.11 Å². The average molecular weight is 484 g/mol. The fraction of sp³-hybridized carbons (Fsp3) is 0.0714. The molecule has 2 aromatic rings. The van der Waals surface area contributed by atoms with Crippen molar-refractivity contribution in [2.45, 2.75) is 11.8 Å². The zero-order chi connectivity index (χ0) is 17.4. The molecule has 122 valence electrons. The van der Waals surface area contributed by atoms with Gasteiger partial charge in [0.25, 0.3) is 10.0 Å². The van der Waals surface area contributed by atoms with Crippen molar-refractivity contribution in [3.8, 4) is 0 Å². The summed E-state index contributed by atoms with van der Waals surface area (Å²) in [5.74, 6) is -1.35. The van der Waals surface area contributed by atoms with Crippen molar-refractivity contribution in [1.29, 1.82) is 0 Å². The van der Waals surface area contributed by atoms with E-state index in [0.717, 1.165) is 5.56 Å². The first-order valence-electron chi connectivity index (χ1n) is 6.13. The summed E-state index contributed by atoms with van der Waals surface area (Å²) in [7, 11) is -3.96. The number of carboxylic acid groups (broad SMARTS) is 1. The molecule has 0 aromatic heterocycles. The van der Waals surface area contributed by atoms with Gasteiger partial charge >= 0.3 is 5.97 Å². The molecule has 0 fully saturated rings.